The van der Waals surface area contributed by atoms with E-state index in [1.54, 1.807) is 23.1 Å². The van der Waals surface area contributed by atoms with Crippen molar-refractivity contribution in [1.29, 1.82) is 0 Å². The molecule has 3 amide bonds. The summed E-state index contributed by atoms with van der Waals surface area (Å²) in [6.45, 7) is 7.20. The molecule has 0 unspecified atom stereocenters. The van der Waals surface area contributed by atoms with Gasteiger partial charge in [0.05, 0.1) is 11.6 Å². The van der Waals surface area contributed by atoms with Crippen LogP contribution in [0.3, 0.4) is 0 Å². The molecule has 0 spiro atoms. The third-order valence-electron chi connectivity index (χ3n) is 9.00. The van der Waals surface area contributed by atoms with E-state index in [4.69, 9.17) is 25.8 Å². The van der Waals surface area contributed by atoms with Crippen LogP contribution in [0.4, 0.5) is 16.2 Å². The van der Waals surface area contributed by atoms with Crippen molar-refractivity contribution in [2.24, 2.45) is 5.92 Å². The van der Waals surface area contributed by atoms with E-state index in [2.05, 4.69) is 17.1 Å². The monoisotopic (exact) mass is 674 g/mol. The van der Waals surface area contributed by atoms with Crippen LogP contribution in [0.5, 0.6) is 5.75 Å². The van der Waals surface area contributed by atoms with Crippen molar-refractivity contribution in [3.8, 4) is 16.9 Å². The molecule has 1 aromatic heterocycles. The van der Waals surface area contributed by atoms with E-state index in [1.165, 1.54) is 0 Å². The summed E-state index contributed by atoms with van der Waals surface area (Å²) in [4.78, 5) is 50.6. The molecule has 6 rings (SSSR count). The van der Waals surface area contributed by atoms with Crippen LogP contribution in [0.25, 0.3) is 11.1 Å². The molecule has 254 valence electrons. The molecule has 2 atom stereocenters. The Balaban J connectivity index is 1.35. The normalized spacial score (nSPS) is 19.4. The number of likely N-dealkylation sites (tertiary alicyclic amines) is 1. The van der Waals surface area contributed by atoms with Gasteiger partial charge in [-0.3, -0.25) is 9.59 Å². The second kappa shape index (κ2) is 14.1. The Kier molecular flexibility index (Phi) is 9.94. The number of rotatable bonds is 9. The number of ether oxygens (including phenoxy) is 3. The number of hydrogen-bond donors (Lipinski definition) is 0. The van der Waals surface area contributed by atoms with Crippen LogP contribution < -0.4 is 14.5 Å². The summed E-state index contributed by atoms with van der Waals surface area (Å²) in [5, 5.41) is 0.408. The molecule has 2 aliphatic heterocycles. The number of aromatic nitrogens is 1. The molecule has 1 saturated heterocycles. The number of anilines is 2. The minimum absolute atomic E-state index is 0.0282. The molecular formula is C37H43ClN4O6. The summed E-state index contributed by atoms with van der Waals surface area (Å²) in [5.74, 6) is -0.255. The highest BCUT2D eigenvalue weighted by atomic mass is 35.5. The zero-order valence-corrected chi connectivity index (χ0v) is 28.7. The average Bonchev–Trinajstić information content (AvgIpc) is 3.90. The minimum Gasteiger partial charge on any atom is -0.482 e. The van der Waals surface area contributed by atoms with Crippen LogP contribution in [0, 0.1) is 5.92 Å². The lowest BCUT2D eigenvalue weighted by Crippen LogP contribution is -2.51. The lowest BCUT2D eigenvalue weighted by atomic mass is 9.79. The summed E-state index contributed by atoms with van der Waals surface area (Å²) in [7, 11) is 1.64. The van der Waals surface area contributed by atoms with Gasteiger partial charge in [0, 0.05) is 51.3 Å². The van der Waals surface area contributed by atoms with E-state index in [0.717, 1.165) is 29.5 Å². The van der Waals surface area contributed by atoms with Gasteiger partial charge in [0.1, 0.15) is 16.5 Å². The van der Waals surface area contributed by atoms with Crippen molar-refractivity contribution in [3.63, 3.8) is 0 Å². The van der Waals surface area contributed by atoms with Gasteiger partial charge in [-0.2, -0.15) is 0 Å². The number of nitrogens with zero attached hydrogens (tertiary/aromatic N) is 4. The quantitative estimate of drug-likeness (QED) is 0.184. The summed E-state index contributed by atoms with van der Waals surface area (Å²) >= 11 is 6.22. The number of fused-ring (bicyclic) bond motifs is 1. The average molecular weight is 675 g/mol. The molecule has 0 radical (unpaired) electrons. The molecule has 10 nitrogen and oxygen atoms in total. The molecule has 1 saturated carbocycles. The van der Waals surface area contributed by atoms with Gasteiger partial charge in [-0.15, -0.1) is 0 Å². The Bertz CT molecular complexity index is 1670. The van der Waals surface area contributed by atoms with Gasteiger partial charge >= 0.3 is 6.09 Å². The number of piperidine rings is 1. The van der Waals surface area contributed by atoms with Gasteiger partial charge < -0.3 is 28.9 Å². The summed E-state index contributed by atoms with van der Waals surface area (Å²) in [5.41, 5.74) is 3.64. The lowest BCUT2D eigenvalue weighted by molar-refractivity contribution is -0.124. The Labute approximate surface area is 286 Å². The van der Waals surface area contributed by atoms with Crippen molar-refractivity contribution < 1.29 is 28.6 Å². The fraction of sp³-hybridized carbons (Fsp3) is 0.459. The number of halogens is 1. The predicted octanol–water partition coefficient (Wildman–Crippen LogP) is 6.70. The van der Waals surface area contributed by atoms with Crippen LogP contribution in [0.15, 0.2) is 60.8 Å². The number of hydrogen-bond acceptors (Lipinski definition) is 7. The number of amides is 3. The Morgan fingerprint density at radius 3 is 2.58 bits per heavy atom. The van der Waals surface area contributed by atoms with Gasteiger partial charge in [0.15, 0.2) is 6.61 Å². The van der Waals surface area contributed by atoms with Gasteiger partial charge in [0.2, 0.25) is 5.91 Å². The van der Waals surface area contributed by atoms with E-state index in [9.17, 15) is 14.4 Å². The van der Waals surface area contributed by atoms with Gasteiger partial charge in [-0.05, 0) is 99.4 Å². The first-order valence-corrected chi connectivity index (χ1v) is 17.0. The fourth-order valence-electron chi connectivity index (χ4n) is 6.61. The first-order valence-electron chi connectivity index (χ1n) is 16.6. The molecular weight excluding hydrogens is 632 g/mol. The van der Waals surface area contributed by atoms with E-state index in [0.29, 0.717) is 54.8 Å². The molecule has 3 heterocycles. The lowest BCUT2D eigenvalue weighted by Gasteiger charge is -2.41. The largest absolute Gasteiger partial charge is 0.482 e. The molecule has 2 fully saturated rings. The number of carbonyl (C=O) groups is 3. The number of carbonyl (C=O) groups excluding carboxylic acids is 3. The van der Waals surface area contributed by atoms with Gasteiger partial charge in [-0.25, -0.2) is 9.78 Å². The SMILES string of the molecule is COCCCN1C(=O)COc2ccc(N(C(=O)[C@H]3CN(C(=O)OC(C)(C)C)CC[C@@H]3c3cccc(-c4ccnc(Cl)c4)c3)C3CC3)cc21. The van der Waals surface area contributed by atoms with E-state index in [1.807, 2.05) is 68.1 Å². The van der Waals surface area contributed by atoms with Crippen molar-refractivity contribution in [2.45, 2.75) is 64.0 Å². The first kappa shape index (κ1) is 33.7. The number of benzene rings is 2. The van der Waals surface area contributed by atoms with Crippen molar-refractivity contribution in [1.82, 2.24) is 9.88 Å². The van der Waals surface area contributed by atoms with Crippen LogP contribution in [0.2, 0.25) is 5.15 Å². The Morgan fingerprint density at radius 1 is 1.06 bits per heavy atom. The predicted molar refractivity (Wildman–Crippen MR) is 185 cm³/mol. The van der Waals surface area contributed by atoms with Gasteiger partial charge in [0.25, 0.3) is 5.91 Å². The minimum atomic E-state index is -0.661. The van der Waals surface area contributed by atoms with Crippen molar-refractivity contribution >= 4 is 40.9 Å². The topological polar surface area (TPSA) is 102 Å². The van der Waals surface area contributed by atoms with Gasteiger partial charge in [-0.1, -0.05) is 35.9 Å². The standard InChI is InChI=1S/C37H43ClN4O6/c1-37(2,3)48-36(45)40-17-14-29(26-8-5-7-24(19-26)25-13-15-39-33(38)20-25)30(22-40)35(44)42(27-9-10-27)28-11-12-32-31(21-28)41(16-6-18-46-4)34(43)23-47-32/h5,7-8,11-13,15,19-21,27,29-30H,6,9-10,14,16-18,22-23H2,1-4H3/t29-,30+/m1/s1. The highest BCUT2D eigenvalue weighted by Gasteiger charge is 2.44. The Morgan fingerprint density at radius 2 is 1.85 bits per heavy atom. The smallest absolute Gasteiger partial charge is 0.410 e. The third kappa shape index (κ3) is 7.60. The molecule has 0 N–H and O–H groups in total. The zero-order chi connectivity index (χ0) is 34.0. The molecule has 48 heavy (non-hydrogen) atoms. The molecule has 0 bridgehead atoms. The second-order valence-electron chi connectivity index (χ2n) is 13.7. The maximum absolute atomic E-state index is 14.9. The van der Waals surface area contributed by atoms with Crippen LogP contribution >= 0.6 is 11.6 Å². The second-order valence-corrected chi connectivity index (χ2v) is 14.1. The highest BCUT2D eigenvalue weighted by molar-refractivity contribution is 6.29. The maximum atomic E-state index is 14.9. The van der Waals surface area contributed by atoms with Crippen molar-refractivity contribution in [3.05, 3.63) is 71.5 Å². The first-order chi connectivity index (χ1) is 23.0. The molecule has 3 aliphatic rings. The third-order valence-corrected chi connectivity index (χ3v) is 9.21. The number of methoxy groups -OCH3 is 1. The fourth-order valence-corrected chi connectivity index (χ4v) is 6.78. The van der Waals surface area contributed by atoms with E-state index < -0.39 is 17.6 Å². The molecule has 3 aromatic rings. The van der Waals surface area contributed by atoms with Crippen LogP contribution in [0.1, 0.15) is 57.9 Å². The molecule has 1 aliphatic carbocycles. The molecule has 11 heteroatoms. The van der Waals surface area contributed by atoms with E-state index >= 15 is 0 Å². The van der Waals surface area contributed by atoms with E-state index in [-0.39, 0.29) is 36.9 Å². The highest BCUT2D eigenvalue weighted by Crippen LogP contribution is 2.43. The molecule has 2 aromatic carbocycles. The summed E-state index contributed by atoms with van der Waals surface area (Å²) < 4.78 is 16.7. The maximum Gasteiger partial charge on any atom is 0.410 e. The summed E-state index contributed by atoms with van der Waals surface area (Å²) in [6, 6.07) is 17.6. The van der Waals surface area contributed by atoms with Crippen LogP contribution in [-0.2, 0) is 19.1 Å². The van der Waals surface area contributed by atoms with Crippen molar-refractivity contribution in [2.75, 3.05) is 49.8 Å². The van der Waals surface area contributed by atoms with Crippen LogP contribution in [-0.4, -0.2) is 79.4 Å². The number of pyridine rings is 1. The summed E-state index contributed by atoms with van der Waals surface area (Å²) in [6.07, 6.45) is 4.27. The Hall–Kier alpha value is -4.15. The zero-order valence-electron chi connectivity index (χ0n) is 28.0.